The number of aryl methyl sites for hydroxylation is 1. The maximum absolute atomic E-state index is 12.0. The molecule has 1 unspecified atom stereocenters. The van der Waals surface area contributed by atoms with Crippen molar-refractivity contribution in [2.45, 2.75) is 58.8 Å². The van der Waals surface area contributed by atoms with Crippen LogP contribution in [0.25, 0.3) is 0 Å². The topological polar surface area (TPSA) is 26.3 Å². The van der Waals surface area contributed by atoms with Crippen LogP contribution < -0.4 is 0 Å². The zero-order valence-electron chi connectivity index (χ0n) is 13.0. The molecule has 0 radical (unpaired) electrons. The largest absolute Gasteiger partial charge is 0.469 e. The van der Waals surface area contributed by atoms with Gasteiger partial charge in [0, 0.05) is 0 Å². The third kappa shape index (κ3) is 3.82. The van der Waals surface area contributed by atoms with Crippen molar-refractivity contribution >= 4 is 5.97 Å². The zero-order chi connectivity index (χ0) is 14.6. The molecule has 2 nitrogen and oxygen atoms in total. The van der Waals surface area contributed by atoms with Crippen LogP contribution in [0.4, 0.5) is 0 Å². The molecule has 0 spiro atoms. The molecule has 0 saturated heterocycles. The molecule has 0 N–H and O–H groups in total. The molecule has 1 aromatic rings. The molecule has 0 bridgehead atoms. The Morgan fingerprint density at radius 2 is 1.95 bits per heavy atom. The first kappa shape index (κ1) is 15.7. The molecule has 0 aliphatic rings. The lowest BCUT2D eigenvalue weighted by Gasteiger charge is -2.23. The van der Waals surface area contributed by atoms with Crippen molar-refractivity contribution in [2.75, 3.05) is 7.11 Å². The van der Waals surface area contributed by atoms with Crippen molar-refractivity contribution in [2.24, 2.45) is 0 Å². The van der Waals surface area contributed by atoms with Gasteiger partial charge in [0.05, 0.1) is 13.0 Å². The molecule has 106 valence electrons. The predicted molar refractivity (Wildman–Crippen MR) is 79.5 cm³/mol. The van der Waals surface area contributed by atoms with Gasteiger partial charge in [-0.2, -0.15) is 0 Å². The lowest BCUT2D eigenvalue weighted by atomic mass is 9.82. The summed E-state index contributed by atoms with van der Waals surface area (Å²) in [6.07, 6.45) is 1.81. The number of ether oxygens (including phenoxy) is 1. The van der Waals surface area contributed by atoms with Crippen LogP contribution in [0.15, 0.2) is 18.2 Å². The van der Waals surface area contributed by atoms with E-state index in [-0.39, 0.29) is 17.3 Å². The summed E-state index contributed by atoms with van der Waals surface area (Å²) in [5.74, 6) is -0.270. The van der Waals surface area contributed by atoms with Gasteiger partial charge >= 0.3 is 5.97 Å². The summed E-state index contributed by atoms with van der Waals surface area (Å²) in [5, 5.41) is 0. The van der Waals surface area contributed by atoms with Gasteiger partial charge in [-0.25, -0.2) is 0 Å². The van der Waals surface area contributed by atoms with E-state index in [1.54, 1.807) is 0 Å². The zero-order valence-corrected chi connectivity index (χ0v) is 13.0. The van der Waals surface area contributed by atoms with Gasteiger partial charge in [0.25, 0.3) is 0 Å². The van der Waals surface area contributed by atoms with E-state index >= 15 is 0 Å². The summed E-state index contributed by atoms with van der Waals surface area (Å²) in [5.41, 5.74) is 3.63. The fourth-order valence-electron chi connectivity index (χ4n) is 2.31. The number of hydrogen-bond acceptors (Lipinski definition) is 2. The molecule has 1 atom stereocenters. The second kappa shape index (κ2) is 6.23. The van der Waals surface area contributed by atoms with E-state index < -0.39 is 0 Å². The van der Waals surface area contributed by atoms with Crippen LogP contribution >= 0.6 is 0 Å². The summed E-state index contributed by atoms with van der Waals surface area (Å²) < 4.78 is 4.96. The third-order valence-electron chi connectivity index (χ3n) is 3.58. The van der Waals surface area contributed by atoms with E-state index in [9.17, 15) is 4.79 Å². The number of rotatable bonds is 4. The number of methoxy groups -OCH3 is 1. The molecule has 0 aliphatic heterocycles. The minimum absolute atomic E-state index is 0.0926. The van der Waals surface area contributed by atoms with Gasteiger partial charge in [-0.05, 0) is 35.4 Å². The summed E-state index contributed by atoms with van der Waals surface area (Å²) in [7, 11) is 1.47. The number of carbonyl (C=O) groups excluding carboxylic acids is 1. The van der Waals surface area contributed by atoms with Crippen molar-refractivity contribution in [1.29, 1.82) is 0 Å². The molecule has 0 saturated carbocycles. The average molecular weight is 262 g/mol. The fourth-order valence-corrected chi connectivity index (χ4v) is 2.31. The first-order chi connectivity index (χ1) is 8.81. The maximum Gasteiger partial charge on any atom is 0.313 e. The van der Waals surface area contributed by atoms with Gasteiger partial charge < -0.3 is 4.74 Å². The van der Waals surface area contributed by atoms with Crippen molar-refractivity contribution < 1.29 is 9.53 Å². The normalized spacial score (nSPS) is 13.2. The van der Waals surface area contributed by atoms with E-state index in [4.69, 9.17) is 4.74 Å². The highest BCUT2D eigenvalue weighted by Gasteiger charge is 2.24. The van der Waals surface area contributed by atoms with E-state index in [0.29, 0.717) is 0 Å². The molecule has 2 heteroatoms. The minimum atomic E-state index is -0.141. The number of benzene rings is 1. The second-order valence-electron chi connectivity index (χ2n) is 6.19. The lowest BCUT2D eigenvalue weighted by Crippen LogP contribution is -2.17. The standard InChI is InChI=1S/C17H26O2/c1-7-8-14(16(18)19-6)15-11-13(17(3,4)5)10-9-12(15)2/h9-11,14H,7-8H2,1-6H3. The van der Waals surface area contributed by atoms with Crippen LogP contribution in [0.3, 0.4) is 0 Å². The summed E-state index contributed by atoms with van der Waals surface area (Å²) in [6, 6.07) is 6.44. The van der Waals surface area contributed by atoms with Crippen LogP contribution in [-0.4, -0.2) is 13.1 Å². The van der Waals surface area contributed by atoms with Crippen LogP contribution in [0.1, 0.15) is 63.1 Å². The van der Waals surface area contributed by atoms with Crippen molar-refractivity contribution in [3.8, 4) is 0 Å². The smallest absolute Gasteiger partial charge is 0.313 e. The van der Waals surface area contributed by atoms with E-state index in [0.717, 1.165) is 24.0 Å². The predicted octanol–water partition coefficient (Wildman–Crippen LogP) is 4.35. The molecule has 0 amide bonds. The molecular formula is C17H26O2. The SMILES string of the molecule is CCCC(C(=O)OC)c1cc(C(C)(C)C)ccc1C. The highest BCUT2D eigenvalue weighted by molar-refractivity contribution is 5.78. The molecule has 0 heterocycles. The van der Waals surface area contributed by atoms with Gasteiger partial charge in [-0.15, -0.1) is 0 Å². The molecule has 0 aromatic heterocycles. The Morgan fingerprint density at radius 3 is 2.42 bits per heavy atom. The Morgan fingerprint density at radius 1 is 1.32 bits per heavy atom. The molecule has 0 aliphatic carbocycles. The highest BCUT2D eigenvalue weighted by atomic mass is 16.5. The maximum atomic E-state index is 12.0. The first-order valence-corrected chi connectivity index (χ1v) is 7.00. The quantitative estimate of drug-likeness (QED) is 0.754. The number of esters is 1. The van der Waals surface area contributed by atoms with E-state index in [1.165, 1.54) is 12.7 Å². The van der Waals surface area contributed by atoms with Crippen molar-refractivity contribution in [1.82, 2.24) is 0 Å². The van der Waals surface area contributed by atoms with Gasteiger partial charge in [0.1, 0.15) is 0 Å². The summed E-state index contributed by atoms with van der Waals surface area (Å²) in [6.45, 7) is 10.7. The molecule has 0 fully saturated rings. The molecule has 19 heavy (non-hydrogen) atoms. The second-order valence-corrected chi connectivity index (χ2v) is 6.19. The Kier molecular flexibility index (Phi) is 5.16. The fraction of sp³-hybridized carbons (Fsp3) is 0.588. The Labute approximate surface area is 117 Å². The van der Waals surface area contributed by atoms with Gasteiger partial charge in [0.15, 0.2) is 0 Å². The summed E-state index contributed by atoms with van der Waals surface area (Å²) >= 11 is 0. The molecule has 1 rings (SSSR count). The van der Waals surface area contributed by atoms with E-state index in [2.05, 4.69) is 52.8 Å². The lowest BCUT2D eigenvalue weighted by molar-refractivity contribution is -0.142. The van der Waals surface area contributed by atoms with Crippen LogP contribution in [0.5, 0.6) is 0 Å². The van der Waals surface area contributed by atoms with Crippen molar-refractivity contribution in [3.63, 3.8) is 0 Å². The monoisotopic (exact) mass is 262 g/mol. The van der Waals surface area contributed by atoms with E-state index in [1.807, 2.05) is 0 Å². The van der Waals surface area contributed by atoms with Gasteiger partial charge in [-0.3, -0.25) is 4.79 Å². The van der Waals surface area contributed by atoms with Crippen molar-refractivity contribution in [3.05, 3.63) is 34.9 Å². The average Bonchev–Trinajstić information content (AvgIpc) is 2.34. The summed E-state index contributed by atoms with van der Waals surface area (Å²) in [4.78, 5) is 12.0. The van der Waals surface area contributed by atoms with Crippen LogP contribution in [-0.2, 0) is 14.9 Å². The van der Waals surface area contributed by atoms with Gasteiger partial charge in [-0.1, -0.05) is 52.3 Å². The Balaban J connectivity index is 3.25. The molecule has 1 aromatic carbocycles. The van der Waals surface area contributed by atoms with Crippen LogP contribution in [0.2, 0.25) is 0 Å². The van der Waals surface area contributed by atoms with Gasteiger partial charge in [0.2, 0.25) is 0 Å². The first-order valence-electron chi connectivity index (χ1n) is 7.00. The number of hydrogen-bond donors (Lipinski definition) is 0. The molecular weight excluding hydrogens is 236 g/mol. The minimum Gasteiger partial charge on any atom is -0.469 e. The number of carbonyl (C=O) groups is 1. The Hall–Kier alpha value is -1.31. The Bertz CT molecular complexity index is 441. The highest BCUT2D eigenvalue weighted by Crippen LogP contribution is 2.31. The van der Waals surface area contributed by atoms with Crippen LogP contribution in [0, 0.1) is 6.92 Å². The third-order valence-corrected chi connectivity index (χ3v) is 3.58.